The highest BCUT2D eigenvalue weighted by Crippen LogP contribution is 2.45. The van der Waals surface area contributed by atoms with Gasteiger partial charge in [-0.15, -0.1) is 0 Å². The van der Waals surface area contributed by atoms with Crippen molar-refractivity contribution in [2.75, 3.05) is 0 Å². The van der Waals surface area contributed by atoms with Gasteiger partial charge in [0.05, 0.1) is 11.4 Å². The second kappa shape index (κ2) is 10.3. The molecular weight excluding hydrogens is 460 g/mol. The van der Waals surface area contributed by atoms with Crippen molar-refractivity contribution in [3.63, 3.8) is 0 Å². The normalized spacial score (nSPS) is 11.7. The second-order valence-electron chi connectivity index (χ2n) is 9.70. The molecule has 6 aromatic carbocycles. The first kappa shape index (κ1) is 23.6. The number of hydrogen-bond acceptors (Lipinski definition) is 2. The highest BCUT2D eigenvalue weighted by molar-refractivity contribution is 6.13. The molecule has 0 unspecified atom stereocenters. The number of nitrogens with zero attached hydrogens (tertiary/aromatic N) is 2. The molecule has 0 fully saturated rings. The molecule has 0 saturated carbocycles. The molecule has 0 radical (unpaired) electrons. The van der Waals surface area contributed by atoms with Crippen molar-refractivity contribution >= 4 is 45.3 Å². The first-order valence-corrected chi connectivity index (χ1v) is 12.9. The summed E-state index contributed by atoms with van der Waals surface area (Å²) in [6, 6.07) is 42.5. The van der Waals surface area contributed by atoms with E-state index in [1.165, 1.54) is 21.9 Å². The SMILES string of the molecule is Cc1ccc(C=Nc2ccc3ccccc3c2-c2c(N=Cc3ccc(C)cc3)ccc3ccccc23)cc1. The average Bonchev–Trinajstić information content (AvgIpc) is 2.96. The number of rotatable bonds is 5. The third-order valence-corrected chi connectivity index (χ3v) is 6.92. The zero-order valence-electron chi connectivity index (χ0n) is 21.6. The number of aliphatic imine (C=N–C) groups is 2. The van der Waals surface area contributed by atoms with Crippen LogP contribution in [0.4, 0.5) is 11.4 Å². The predicted octanol–water partition coefficient (Wildman–Crippen LogP) is 9.78. The second-order valence-corrected chi connectivity index (χ2v) is 9.70. The minimum Gasteiger partial charge on any atom is -0.256 e. The molecule has 0 atom stereocenters. The van der Waals surface area contributed by atoms with Crippen LogP contribution in [-0.2, 0) is 0 Å². The zero-order valence-corrected chi connectivity index (χ0v) is 21.6. The summed E-state index contributed by atoms with van der Waals surface area (Å²) in [5, 5.41) is 4.68. The van der Waals surface area contributed by atoms with Gasteiger partial charge in [0.2, 0.25) is 0 Å². The topological polar surface area (TPSA) is 24.7 Å². The Bertz CT molecular complexity index is 1670. The highest BCUT2D eigenvalue weighted by Gasteiger charge is 2.16. The number of aryl methyl sites for hydroxylation is 2. The smallest absolute Gasteiger partial charge is 0.0715 e. The molecule has 0 aliphatic carbocycles. The molecule has 6 aromatic rings. The Balaban J connectivity index is 1.60. The molecule has 0 N–H and O–H groups in total. The summed E-state index contributed by atoms with van der Waals surface area (Å²) in [5.41, 5.74) is 8.66. The first-order valence-electron chi connectivity index (χ1n) is 12.9. The van der Waals surface area contributed by atoms with E-state index in [-0.39, 0.29) is 0 Å². The maximum Gasteiger partial charge on any atom is 0.0715 e. The maximum absolute atomic E-state index is 5.03. The Morgan fingerprint density at radius 2 is 0.816 bits per heavy atom. The molecule has 0 saturated heterocycles. The van der Waals surface area contributed by atoms with Gasteiger partial charge in [0.25, 0.3) is 0 Å². The fraction of sp³-hybridized carbons (Fsp3) is 0.0556. The minimum absolute atomic E-state index is 0.924. The first-order chi connectivity index (χ1) is 18.7. The van der Waals surface area contributed by atoms with E-state index in [9.17, 15) is 0 Å². The van der Waals surface area contributed by atoms with Crippen molar-refractivity contribution in [1.82, 2.24) is 0 Å². The summed E-state index contributed by atoms with van der Waals surface area (Å²) < 4.78 is 0. The molecular formula is C36H28N2. The molecule has 2 heteroatoms. The molecule has 0 amide bonds. The lowest BCUT2D eigenvalue weighted by molar-refractivity contribution is 1.45. The van der Waals surface area contributed by atoms with Crippen LogP contribution >= 0.6 is 0 Å². The van der Waals surface area contributed by atoms with Crippen LogP contribution in [0.2, 0.25) is 0 Å². The Kier molecular flexibility index (Phi) is 6.37. The Hall–Kier alpha value is -4.82. The van der Waals surface area contributed by atoms with Gasteiger partial charge in [-0.1, -0.05) is 120 Å². The summed E-state index contributed by atoms with van der Waals surface area (Å²) in [5.74, 6) is 0. The van der Waals surface area contributed by atoms with Crippen LogP contribution in [0.25, 0.3) is 32.7 Å². The van der Waals surface area contributed by atoms with E-state index < -0.39 is 0 Å². The lowest BCUT2D eigenvalue weighted by Gasteiger charge is -2.16. The lowest BCUT2D eigenvalue weighted by atomic mass is 9.91. The van der Waals surface area contributed by atoms with Gasteiger partial charge in [-0.2, -0.15) is 0 Å². The van der Waals surface area contributed by atoms with Gasteiger partial charge < -0.3 is 0 Å². The molecule has 0 aromatic heterocycles. The minimum atomic E-state index is 0.924. The van der Waals surface area contributed by atoms with Crippen molar-refractivity contribution in [2.45, 2.75) is 13.8 Å². The Morgan fingerprint density at radius 1 is 0.421 bits per heavy atom. The molecule has 6 rings (SSSR count). The van der Waals surface area contributed by atoms with E-state index >= 15 is 0 Å². The largest absolute Gasteiger partial charge is 0.256 e. The van der Waals surface area contributed by atoms with Crippen LogP contribution in [0.15, 0.2) is 131 Å². The fourth-order valence-corrected chi connectivity index (χ4v) is 4.85. The van der Waals surface area contributed by atoms with Gasteiger partial charge in [-0.05, 0) is 58.7 Å². The molecule has 0 spiro atoms. The Labute approximate surface area is 223 Å². The summed E-state index contributed by atoms with van der Waals surface area (Å²) in [7, 11) is 0. The third kappa shape index (κ3) is 4.77. The van der Waals surface area contributed by atoms with E-state index in [2.05, 4.69) is 135 Å². The van der Waals surface area contributed by atoms with Crippen LogP contribution in [-0.4, -0.2) is 12.4 Å². The van der Waals surface area contributed by atoms with E-state index in [0.29, 0.717) is 0 Å². The molecule has 0 aliphatic rings. The number of fused-ring (bicyclic) bond motifs is 2. The third-order valence-electron chi connectivity index (χ3n) is 6.92. The van der Waals surface area contributed by atoms with Gasteiger partial charge in [0.15, 0.2) is 0 Å². The summed E-state index contributed by atoms with van der Waals surface area (Å²) in [6.07, 6.45) is 3.90. The highest BCUT2D eigenvalue weighted by atomic mass is 14.7. The quantitative estimate of drug-likeness (QED) is 0.216. The van der Waals surface area contributed by atoms with Gasteiger partial charge >= 0.3 is 0 Å². The zero-order chi connectivity index (χ0) is 25.9. The van der Waals surface area contributed by atoms with E-state index in [4.69, 9.17) is 9.98 Å². The van der Waals surface area contributed by atoms with Gasteiger partial charge in [0, 0.05) is 23.6 Å². The van der Waals surface area contributed by atoms with Crippen LogP contribution in [0.3, 0.4) is 0 Å². The van der Waals surface area contributed by atoms with E-state index in [1.54, 1.807) is 0 Å². The molecule has 0 aliphatic heterocycles. The van der Waals surface area contributed by atoms with Crippen LogP contribution < -0.4 is 0 Å². The lowest BCUT2D eigenvalue weighted by Crippen LogP contribution is -1.89. The summed E-state index contributed by atoms with van der Waals surface area (Å²) in [4.78, 5) is 10.1. The van der Waals surface area contributed by atoms with Crippen molar-refractivity contribution < 1.29 is 0 Å². The van der Waals surface area contributed by atoms with Crippen molar-refractivity contribution in [2.24, 2.45) is 9.98 Å². The molecule has 0 bridgehead atoms. The van der Waals surface area contributed by atoms with Gasteiger partial charge in [-0.25, -0.2) is 0 Å². The van der Waals surface area contributed by atoms with Gasteiger partial charge in [-0.3, -0.25) is 9.98 Å². The molecule has 182 valence electrons. The fourth-order valence-electron chi connectivity index (χ4n) is 4.85. The van der Waals surface area contributed by atoms with E-state index in [0.717, 1.165) is 44.4 Å². The average molecular weight is 489 g/mol. The summed E-state index contributed by atoms with van der Waals surface area (Å²) in [6.45, 7) is 4.20. The summed E-state index contributed by atoms with van der Waals surface area (Å²) >= 11 is 0. The molecule has 0 heterocycles. The van der Waals surface area contributed by atoms with Crippen molar-refractivity contribution in [1.29, 1.82) is 0 Å². The van der Waals surface area contributed by atoms with Crippen molar-refractivity contribution in [3.8, 4) is 11.1 Å². The van der Waals surface area contributed by atoms with E-state index in [1.807, 2.05) is 12.4 Å². The van der Waals surface area contributed by atoms with Crippen LogP contribution in [0, 0.1) is 13.8 Å². The predicted molar refractivity (Wildman–Crippen MR) is 164 cm³/mol. The van der Waals surface area contributed by atoms with Crippen molar-refractivity contribution in [3.05, 3.63) is 144 Å². The number of hydrogen-bond donors (Lipinski definition) is 0. The molecule has 38 heavy (non-hydrogen) atoms. The van der Waals surface area contributed by atoms with Crippen LogP contribution in [0.5, 0.6) is 0 Å². The van der Waals surface area contributed by atoms with Crippen LogP contribution in [0.1, 0.15) is 22.3 Å². The monoisotopic (exact) mass is 488 g/mol. The van der Waals surface area contributed by atoms with Gasteiger partial charge in [0.1, 0.15) is 0 Å². The number of benzene rings is 6. The standard InChI is InChI=1S/C36H28N2/c1-25-11-15-27(16-12-25)23-37-33-21-19-29-7-3-5-9-31(29)35(33)36-32-10-6-4-8-30(32)20-22-34(36)38-24-28-17-13-26(2)14-18-28/h3-24H,1-2H3. The maximum atomic E-state index is 5.03. The molecule has 2 nitrogen and oxygen atoms in total. The Morgan fingerprint density at radius 3 is 1.24 bits per heavy atom.